The van der Waals surface area contributed by atoms with Gasteiger partial charge in [-0.15, -0.1) is 0 Å². The molecule has 1 amide bonds. The lowest BCUT2D eigenvalue weighted by Gasteiger charge is -2.27. The summed E-state index contributed by atoms with van der Waals surface area (Å²) < 4.78 is 13.1. The number of ketones is 1. The lowest BCUT2D eigenvalue weighted by molar-refractivity contribution is -0.130. The number of aliphatic hydroxyl groups is 1. The molecular weight excluding hydrogens is 337 g/mol. The van der Waals surface area contributed by atoms with Crippen molar-refractivity contribution in [2.24, 2.45) is 0 Å². The van der Waals surface area contributed by atoms with Crippen LogP contribution < -0.4 is 0 Å². The number of Topliss-reactive ketones (excluding diaryl/α,β-unsaturated/α-hetero) is 1. The maximum absolute atomic E-state index is 13.1. The maximum atomic E-state index is 13.1. The van der Waals surface area contributed by atoms with Gasteiger partial charge in [-0.25, -0.2) is 4.39 Å². The molecule has 1 aliphatic rings. The second kappa shape index (κ2) is 7.00. The van der Waals surface area contributed by atoms with Crippen molar-refractivity contribution < 1.29 is 24.2 Å². The van der Waals surface area contributed by atoms with Crippen LogP contribution in [0.15, 0.2) is 59.9 Å². The molecule has 5 nitrogen and oxygen atoms in total. The van der Waals surface area contributed by atoms with E-state index in [1.54, 1.807) is 31.2 Å². The molecule has 0 saturated heterocycles. The van der Waals surface area contributed by atoms with E-state index in [-0.39, 0.29) is 30.1 Å². The number of aromatic hydroxyl groups is 1. The number of hydrogen-bond acceptors (Lipinski definition) is 4. The number of carbonyl (C=O) groups excluding carboxylic acids is 2. The van der Waals surface area contributed by atoms with E-state index < -0.39 is 23.5 Å². The van der Waals surface area contributed by atoms with Gasteiger partial charge >= 0.3 is 0 Å². The van der Waals surface area contributed by atoms with Crippen LogP contribution in [-0.4, -0.2) is 26.8 Å². The average molecular weight is 355 g/mol. The Bertz CT molecular complexity index is 889. The van der Waals surface area contributed by atoms with E-state index in [1.807, 2.05) is 0 Å². The van der Waals surface area contributed by atoms with E-state index in [4.69, 9.17) is 0 Å². The summed E-state index contributed by atoms with van der Waals surface area (Å²) in [6.45, 7) is 1.74. The number of phenols is 1. The van der Waals surface area contributed by atoms with E-state index in [0.29, 0.717) is 11.1 Å². The van der Waals surface area contributed by atoms with Crippen molar-refractivity contribution in [3.05, 3.63) is 76.8 Å². The van der Waals surface area contributed by atoms with Gasteiger partial charge in [-0.1, -0.05) is 31.2 Å². The highest BCUT2D eigenvalue weighted by Crippen LogP contribution is 2.39. The first kappa shape index (κ1) is 17.7. The van der Waals surface area contributed by atoms with E-state index in [2.05, 4.69) is 0 Å². The number of nitrogens with zero attached hydrogens (tertiary/aromatic N) is 1. The molecule has 6 heteroatoms. The van der Waals surface area contributed by atoms with Crippen molar-refractivity contribution in [2.45, 2.75) is 25.9 Å². The van der Waals surface area contributed by atoms with Gasteiger partial charge in [0.05, 0.1) is 11.6 Å². The average Bonchev–Trinajstić information content (AvgIpc) is 2.88. The summed E-state index contributed by atoms with van der Waals surface area (Å²) in [5, 5.41) is 20.1. The van der Waals surface area contributed by atoms with Gasteiger partial charge in [-0.2, -0.15) is 0 Å². The molecule has 0 fully saturated rings. The van der Waals surface area contributed by atoms with E-state index in [9.17, 15) is 24.2 Å². The summed E-state index contributed by atoms with van der Waals surface area (Å²) in [7, 11) is 0. The Balaban J connectivity index is 2.05. The first-order valence-electron chi connectivity index (χ1n) is 8.23. The number of amides is 1. The number of benzene rings is 2. The van der Waals surface area contributed by atoms with Crippen LogP contribution in [0.25, 0.3) is 0 Å². The molecule has 134 valence electrons. The van der Waals surface area contributed by atoms with Gasteiger partial charge in [-0.3, -0.25) is 9.59 Å². The molecule has 2 aromatic rings. The summed E-state index contributed by atoms with van der Waals surface area (Å²) in [6, 6.07) is 11.1. The van der Waals surface area contributed by atoms with Gasteiger partial charge in [0.15, 0.2) is 11.5 Å². The Morgan fingerprint density at radius 1 is 1.15 bits per heavy atom. The van der Waals surface area contributed by atoms with Crippen LogP contribution in [0.1, 0.15) is 30.5 Å². The second-order valence-corrected chi connectivity index (χ2v) is 6.10. The van der Waals surface area contributed by atoms with E-state index in [0.717, 1.165) is 0 Å². The molecule has 0 saturated carbocycles. The number of phenolic OH excluding ortho intramolecular Hbond substituents is 1. The van der Waals surface area contributed by atoms with Crippen molar-refractivity contribution in [3.63, 3.8) is 0 Å². The highest BCUT2D eigenvalue weighted by atomic mass is 19.1. The van der Waals surface area contributed by atoms with Crippen molar-refractivity contribution in [3.8, 4) is 5.75 Å². The molecule has 0 aliphatic carbocycles. The Labute approximate surface area is 150 Å². The van der Waals surface area contributed by atoms with Crippen molar-refractivity contribution in [1.29, 1.82) is 0 Å². The fourth-order valence-electron chi connectivity index (χ4n) is 3.12. The highest BCUT2D eigenvalue weighted by molar-refractivity contribution is 6.08. The Morgan fingerprint density at radius 3 is 2.46 bits per heavy atom. The fourth-order valence-corrected chi connectivity index (χ4v) is 3.12. The van der Waals surface area contributed by atoms with Gasteiger partial charge in [0.2, 0.25) is 0 Å². The van der Waals surface area contributed by atoms with Crippen LogP contribution in [0.5, 0.6) is 5.75 Å². The largest absolute Gasteiger partial charge is 0.508 e. The van der Waals surface area contributed by atoms with Gasteiger partial charge in [0.1, 0.15) is 11.6 Å². The van der Waals surface area contributed by atoms with Crippen molar-refractivity contribution >= 4 is 11.7 Å². The first-order valence-corrected chi connectivity index (χ1v) is 8.23. The van der Waals surface area contributed by atoms with Crippen LogP contribution in [0.4, 0.5) is 4.39 Å². The quantitative estimate of drug-likeness (QED) is 0.862. The summed E-state index contributed by atoms with van der Waals surface area (Å²) >= 11 is 0. The normalized spacial score (nSPS) is 17.1. The summed E-state index contributed by atoms with van der Waals surface area (Å²) in [5.74, 6) is -1.99. The summed E-state index contributed by atoms with van der Waals surface area (Å²) in [6.07, 6.45) is 0.131. The van der Waals surface area contributed by atoms with Gasteiger partial charge in [-0.05, 0) is 35.4 Å². The molecule has 1 atom stereocenters. The number of carbonyl (C=O) groups is 2. The van der Waals surface area contributed by atoms with Crippen LogP contribution >= 0.6 is 0 Å². The third-order valence-corrected chi connectivity index (χ3v) is 4.38. The molecule has 0 aromatic heterocycles. The Hall–Kier alpha value is -3.15. The van der Waals surface area contributed by atoms with Crippen LogP contribution in [-0.2, 0) is 16.1 Å². The number of aliphatic hydroxyl groups excluding tert-OH is 1. The van der Waals surface area contributed by atoms with Crippen LogP contribution in [0.2, 0.25) is 0 Å². The minimum Gasteiger partial charge on any atom is -0.508 e. The van der Waals surface area contributed by atoms with E-state index >= 15 is 0 Å². The molecule has 1 unspecified atom stereocenters. The molecule has 2 aromatic carbocycles. The predicted molar refractivity (Wildman–Crippen MR) is 92.8 cm³/mol. The summed E-state index contributed by atoms with van der Waals surface area (Å²) in [5.41, 5.74) is 1.19. The van der Waals surface area contributed by atoms with Gasteiger partial charge in [0.25, 0.3) is 5.91 Å². The fraction of sp³-hybridized carbons (Fsp3) is 0.200. The van der Waals surface area contributed by atoms with Crippen LogP contribution in [0, 0.1) is 5.82 Å². The first-order chi connectivity index (χ1) is 12.4. The van der Waals surface area contributed by atoms with Gasteiger partial charge < -0.3 is 15.1 Å². The summed E-state index contributed by atoms with van der Waals surface area (Å²) in [4.78, 5) is 26.3. The molecule has 1 heterocycles. The van der Waals surface area contributed by atoms with Gasteiger partial charge in [0, 0.05) is 13.0 Å². The Morgan fingerprint density at radius 2 is 1.85 bits per heavy atom. The second-order valence-electron chi connectivity index (χ2n) is 6.10. The standard InChI is InChI=1S/C20H18FNO4/c1-2-16(24)17-18(13-4-3-5-15(23)10-13)22(20(26)19(17)25)11-12-6-8-14(21)9-7-12/h3-10,18,23,25H,2,11H2,1H3. The lowest BCUT2D eigenvalue weighted by Crippen LogP contribution is -2.30. The zero-order valence-electron chi connectivity index (χ0n) is 14.1. The molecule has 3 rings (SSSR count). The monoisotopic (exact) mass is 355 g/mol. The molecule has 0 radical (unpaired) electrons. The molecule has 1 aliphatic heterocycles. The zero-order valence-corrected chi connectivity index (χ0v) is 14.1. The smallest absolute Gasteiger partial charge is 0.290 e. The zero-order chi connectivity index (χ0) is 18.8. The van der Waals surface area contributed by atoms with Crippen molar-refractivity contribution in [1.82, 2.24) is 4.90 Å². The van der Waals surface area contributed by atoms with E-state index in [1.165, 1.54) is 29.2 Å². The molecule has 26 heavy (non-hydrogen) atoms. The minimum atomic E-state index is -0.813. The number of halogens is 1. The lowest BCUT2D eigenvalue weighted by atomic mass is 9.94. The third-order valence-electron chi connectivity index (χ3n) is 4.38. The third kappa shape index (κ3) is 3.18. The topological polar surface area (TPSA) is 77.8 Å². The molecule has 0 bridgehead atoms. The number of rotatable bonds is 5. The molecule has 0 spiro atoms. The predicted octanol–water partition coefficient (Wildman–Crippen LogP) is 3.41. The minimum absolute atomic E-state index is 0.00799. The Kier molecular flexibility index (Phi) is 4.75. The highest BCUT2D eigenvalue weighted by Gasteiger charge is 2.42. The SMILES string of the molecule is CCC(=O)C1=C(O)C(=O)N(Cc2ccc(F)cc2)C1c1cccc(O)c1. The number of hydrogen-bond donors (Lipinski definition) is 2. The maximum Gasteiger partial charge on any atom is 0.290 e. The molecular formula is C20H18FNO4. The molecule has 2 N–H and O–H groups in total. The van der Waals surface area contributed by atoms with Crippen molar-refractivity contribution in [2.75, 3.05) is 0 Å². The van der Waals surface area contributed by atoms with Crippen LogP contribution in [0.3, 0.4) is 0 Å².